The Hall–Kier alpha value is -2.36. The summed E-state index contributed by atoms with van der Waals surface area (Å²) in [4.78, 5) is 23.1. The summed E-state index contributed by atoms with van der Waals surface area (Å²) in [6, 6.07) is 0. The van der Waals surface area contributed by atoms with Crippen LogP contribution in [0.4, 0.5) is 0 Å². The van der Waals surface area contributed by atoms with Gasteiger partial charge in [-0.25, -0.2) is 0 Å². The summed E-state index contributed by atoms with van der Waals surface area (Å²) in [7, 11) is 0. The fraction of sp³-hybridized carbons (Fsp3) is 0.657. The molecule has 39 heavy (non-hydrogen) atoms. The standard InChI is InChI=1S/C35H58O4/c1-3-5-7-9-11-12-13-14-15-16-17-18-20-22-28-32-35(38)39-33(29-25-21-19-10-8-6-4-2)30-26-23-24-27-31-34(36)37/h5,7,11-12,14-15,17-18,25,29,33H,3-4,6,8-10,13,16,19-24,26-28,30-32H2,1-2H3,(H,36,37)/b7-5-,12-11-,15-14-,18-17-,29-25-. The lowest BCUT2D eigenvalue weighted by molar-refractivity contribution is -0.147. The molecule has 0 aliphatic rings. The minimum Gasteiger partial charge on any atom is -0.481 e. The highest BCUT2D eigenvalue weighted by atomic mass is 16.5. The van der Waals surface area contributed by atoms with E-state index in [0.717, 1.165) is 77.0 Å². The predicted octanol–water partition coefficient (Wildman–Crippen LogP) is 10.6. The average molecular weight is 543 g/mol. The van der Waals surface area contributed by atoms with Crippen LogP contribution < -0.4 is 0 Å². The van der Waals surface area contributed by atoms with Gasteiger partial charge < -0.3 is 9.84 Å². The van der Waals surface area contributed by atoms with Crippen LogP contribution in [-0.4, -0.2) is 23.1 Å². The Morgan fingerprint density at radius 1 is 0.615 bits per heavy atom. The van der Waals surface area contributed by atoms with Gasteiger partial charge in [0.05, 0.1) is 0 Å². The third-order valence-corrected chi connectivity index (χ3v) is 6.46. The quantitative estimate of drug-likeness (QED) is 0.0637. The van der Waals surface area contributed by atoms with Gasteiger partial charge >= 0.3 is 11.9 Å². The van der Waals surface area contributed by atoms with E-state index in [1.165, 1.54) is 32.1 Å². The Kier molecular flexibility index (Phi) is 28.4. The van der Waals surface area contributed by atoms with Crippen LogP contribution in [0.25, 0.3) is 0 Å². The summed E-state index contributed by atoms with van der Waals surface area (Å²) < 4.78 is 5.80. The first-order valence-electron chi connectivity index (χ1n) is 15.8. The van der Waals surface area contributed by atoms with Crippen molar-refractivity contribution in [2.75, 3.05) is 0 Å². The van der Waals surface area contributed by atoms with E-state index in [4.69, 9.17) is 9.84 Å². The van der Waals surface area contributed by atoms with Gasteiger partial charge in [0.25, 0.3) is 0 Å². The molecule has 4 heteroatoms. The minimum atomic E-state index is -0.731. The molecule has 0 aromatic heterocycles. The highest BCUT2D eigenvalue weighted by Gasteiger charge is 2.11. The zero-order valence-corrected chi connectivity index (χ0v) is 25.2. The average Bonchev–Trinajstić information content (AvgIpc) is 2.91. The maximum Gasteiger partial charge on any atom is 0.306 e. The van der Waals surface area contributed by atoms with Crippen molar-refractivity contribution in [1.29, 1.82) is 0 Å². The molecule has 0 aromatic carbocycles. The fourth-order valence-electron chi connectivity index (χ4n) is 4.14. The second-order valence-electron chi connectivity index (χ2n) is 10.3. The van der Waals surface area contributed by atoms with Crippen molar-refractivity contribution in [3.05, 3.63) is 60.8 Å². The number of hydrogen-bond acceptors (Lipinski definition) is 3. The number of aliphatic carboxylic acids is 1. The summed E-state index contributed by atoms with van der Waals surface area (Å²) in [5.41, 5.74) is 0. The number of carboxylic acids is 1. The van der Waals surface area contributed by atoms with Gasteiger partial charge in [0.2, 0.25) is 0 Å². The van der Waals surface area contributed by atoms with E-state index < -0.39 is 5.97 Å². The summed E-state index contributed by atoms with van der Waals surface area (Å²) in [5.74, 6) is -0.839. The molecule has 0 aliphatic carbocycles. The van der Waals surface area contributed by atoms with Crippen molar-refractivity contribution < 1.29 is 19.4 Å². The Morgan fingerprint density at radius 3 is 1.82 bits per heavy atom. The molecule has 1 atom stereocenters. The second-order valence-corrected chi connectivity index (χ2v) is 10.3. The molecule has 0 amide bonds. The first kappa shape index (κ1) is 36.6. The van der Waals surface area contributed by atoms with Gasteiger partial charge in [-0.3, -0.25) is 9.59 Å². The Labute approximate surface area is 240 Å². The zero-order valence-electron chi connectivity index (χ0n) is 25.2. The lowest BCUT2D eigenvalue weighted by Gasteiger charge is -2.14. The SMILES string of the molecule is CC/C=C\C/C=C\C/C=C\C/C=C\CCCCC(=O)OC(/C=C\CCCCCCC)CCCCCCC(=O)O. The third-order valence-electron chi connectivity index (χ3n) is 6.46. The first-order chi connectivity index (χ1) is 19.1. The molecule has 0 radical (unpaired) electrons. The van der Waals surface area contributed by atoms with Gasteiger partial charge in [0.1, 0.15) is 6.10 Å². The van der Waals surface area contributed by atoms with Crippen LogP contribution in [-0.2, 0) is 14.3 Å². The Balaban J connectivity index is 4.15. The van der Waals surface area contributed by atoms with Crippen LogP contribution in [0.1, 0.15) is 142 Å². The zero-order chi connectivity index (χ0) is 28.7. The van der Waals surface area contributed by atoms with Crippen LogP contribution in [0.3, 0.4) is 0 Å². The number of esters is 1. The molecule has 4 nitrogen and oxygen atoms in total. The van der Waals surface area contributed by atoms with Crippen LogP contribution in [0.2, 0.25) is 0 Å². The normalized spacial score (nSPS) is 13.1. The molecule has 1 N–H and O–H groups in total. The maximum atomic E-state index is 12.4. The molecule has 0 spiro atoms. The van der Waals surface area contributed by atoms with Crippen molar-refractivity contribution >= 4 is 11.9 Å². The topological polar surface area (TPSA) is 63.6 Å². The lowest BCUT2D eigenvalue weighted by Crippen LogP contribution is -2.16. The van der Waals surface area contributed by atoms with E-state index in [1.807, 2.05) is 0 Å². The highest BCUT2D eigenvalue weighted by molar-refractivity contribution is 5.69. The molecule has 0 bridgehead atoms. The van der Waals surface area contributed by atoms with Crippen molar-refractivity contribution in [2.24, 2.45) is 0 Å². The van der Waals surface area contributed by atoms with Crippen LogP contribution in [0.5, 0.6) is 0 Å². The largest absolute Gasteiger partial charge is 0.481 e. The molecule has 0 aromatic rings. The number of unbranched alkanes of at least 4 members (excludes halogenated alkanes) is 10. The van der Waals surface area contributed by atoms with Gasteiger partial charge in [0.15, 0.2) is 0 Å². The molecule has 222 valence electrons. The van der Waals surface area contributed by atoms with Gasteiger partial charge in [-0.1, -0.05) is 107 Å². The van der Waals surface area contributed by atoms with E-state index in [1.54, 1.807) is 0 Å². The van der Waals surface area contributed by atoms with Crippen molar-refractivity contribution in [3.8, 4) is 0 Å². The second kappa shape index (κ2) is 30.2. The van der Waals surface area contributed by atoms with E-state index in [-0.39, 0.29) is 18.5 Å². The van der Waals surface area contributed by atoms with Gasteiger partial charge in [-0.15, -0.1) is 0 Å². The number of ether oxygens (including phenoxy) is 1. The number of allylic oxidation sites excluding steroid dienone is 9. The molecular weight excluding hydrogens is 484 g/mol. The van der Waals surface area contributed by atoms with E-state index in [2.05, 4.69) is 74.6 Å². The van der Waals surface area contributed by atoms with E-state index >= 15 is 0 Å². The van der Waals surface area contributed by atoms with Crippen LogP contribution in [0, 0.1) is 0 Å². The van der Waals surface area contributed by atoms with E-state index in [0.29, 0.717) is 12.8 Å². The first-order valence-corrected chi connectivity index (χ1v) is 15.8. The molecule has 0 heterocycles. The maximum absolute atomic E-state index is 12.4. The predicted molar refractivity (Wildman–Crippen MR) is 167 cm³/mol. The van der Waals surface area contributed by atoms with Crippen molar-refractivity contribution in [2.45, 2.75) is 148 Å². The monoisotopic (exact) mass is 542 g/mol. The number of hydrogen-bond donors (Lipinski definition) is 1. The van der Waals surface area contributed by atoms with Crippen LogP contribution in [0.15, 0.2) is 60.8 Å². The minimum absolute atomic E-state index is 0.108. The lowest BCUT2D eigenvalue weighted by atomic mass is 10.1. The molecule has 0 saturated heterocycles. The fourth-order valence-corrected chi connectivity index (χ4v) is 4.14. The molecule has 0 rings (SSSR count). The Morgan fingerprint density at radius 2 is 1.15 bits per heavy atom. The molecular formula is C35H58O4. The van der Waals surface area contributed by atoms with Gasteiger partial charge in [-0.05, 0) is 83.1 Å². The summed E-state index contributed by atoms with van der Waals surface area (Å²) in [5, 5.41) is 8.77. The molecule has 0 saturated carbocycles. The van der Waals surface area contributed by atoms with Crippen LogP contribution >= 0.6 is 0 Å². The number of carbonyl (C=O) groups is 2. The number of carbonyl (C=O) groups excluding carboxylic acids is 1. The highest BCUT2D eigenvalue weighted by Crippen LogP contribution is 2.14. The van der Waals surface area contributed by atoms with E-state index in [9.17, 15) is 9.59 Å². The van der Waals surface area contributed by atoms with Gasteiger partial charge in [-0.2, -0.15) is 0 Å². The summed E-state index contributed by atoms with van der Waals surface area (Å²) >= 11 is 0. The summed E-state index contributed by atoms with van der Waals surface area (Å²) in [6.45, 7) is 4.38. The van der Waals surface area contributed by atoms with Crippen molar-refractivity contribution in [1.82, 2.24) is 0 Å². The Bertz CT molecular complexity index is 714. The molecule has 0 aliphatic heterocycles. The van der Waals surface area contributed by atoms with Gasteiger partial charge in [0, 0.05) is 12.8 Å². The van der Waals surface area contributed by atoms with Crippen molar-refractivity contribution in [3.63, 3.8) is 0 Å². The molecule has 1 unspecified atom stereocenters. The summed E-state index contributed by atoms with van der Waals surface area (Å²) in [6.07, 6.45) is 40.9. The third kappa shape index (κ3) is 30.0. The smallest absolute Gasteiger partial charge is 0.306 e. The number of carboxylic acid groups (broad SMARTS) is 1. The molecule has 0 fully saturated rings. The number of rotatable bonds is 27.